The molecule has 0 spiro atoms. The predicted octanol–water partition coefficient (Wildman–Crippen LogP) is 3.31. The zero-order chi connectivity index (χ0) is 20.2. The van der Waals surface area contributed by atoms with Gasteiger partial charge in [0.05, 0.1) is 17.9 Å². The van der Waals surface area contributed by atoms with Gasteiger partial charge >= 0.3 is 0 Å². The normalized spacial score (nSPS) is 18.7. The third-order valence-corrected chi connectivity index (χ3v) is 6.01. The Morgan fingerprint density at radius 1 is 1.10 bits per heavy atom. The summed E-state index contributed by atoms with van der Waals surface area (Å²) in [5.41, 5.74) is 1.99. The van der Waals surface area contributed by atoms with Gasteiger partial charge in [-0.05, 0) is 50.3 Å². The molecule has 154 valence electrons. The fraction of sp³-hybridized carbons (Fsp3) is 0.500. The van der Waals surface area contributed by atoms with Crippen LogP contribution < -0.4 is 15.1 Å². The number of amides is 1. The number of hydrogen-bond acceptors (Lipinski definition) is 5. The lowest BCUT2D eigenvalue weighted by Gasteiger charge is -2.35. The van der Waals surface area contributed by atoms with E-state index in [2.05, 4.69) is 25.1 Å². The number of rotatable bonds is 5. The van der Waals surface area contributed by atoms with Gasteiger partial charge < -0.3 is 15.1 Å². The minimum absolute atomic E-state index is 0.00554. The maximum Gasteiger partial charge on any atom is 0.223 e. The molecule has 1 amide bonds. The molecule has 0 unspecified atom stereocenters. The molecule has 1 aromatic heterocycles. The summed E-state index contributed by atoms with van der Waals surface area (Å²) in [5.74, 6) is 0.822. The Bertz CT molecular complexity index is 829. The highest BCUT2D eigenvalue weighted by atomic mass is 19.1. The van der Waals surface area contributed by atoms with E-state index in [1.807, 2.05) is 13.1 Å². The van der Waals surface area contributed by atoms with E-state index in [9.17, 15) is 9.18 Å². The maximum absolute atomic E-state index is 13.1. The standard InChI is InChI=1S/C22H28FN5O/c1-16(17-4-6-19(23)7-5-17)26-22(29)18-8-12-27(13-9-18)20-14-24-15-25-21(20)28-10-2-3-11-28/h4-7,14-16,18H,2-3,8-13H2,1H3,(H,26,29)/t16-/m1/s1. The summed E-state index contributed by atoms with van der Waals surface area (Å²) in [6, 6.07) is 6.16. The molecule has 6 nitrogen and oxygen atoms in total. The van der Waals surface area contributed by atoms with Gasteiger partial charge in [0.1, 0.15) is 12.1 Å². The van der Waals surface area contributed by atoms with E-state index in [4.69, 9.17) is 0 Å². The lowest BCUT2D eigenvalue weighted by molar-refractivity contribution is -0.126. The van der Waals surface area contributed by atoms with Crippen molar-refractivity contribution >= 4 is 17.4 Å². The minimum Gasteiger partial charge on any atom is -0.367 e. The second-order valence-electron chi connectivity index (χ2n) is 7.97. The second kappa shape index (κ2) is 8.76. The number of carbonyl (C=O) groups is 1. The third kappa shape index (κ3) is 4.49. The first kappa shape index (κ1) is 19.6. The van der Waals surface area contributed by atoms with Gasteiger partial charge in [0.15, 0.2) is 5.82 Å². The molecule has 2 aliphatic rings. The molecule has 0 saturated carbocycles. The van der Waals surface area contributed by atoms with E-state index in [0.717, 1.165) is 56.1 Å². The summed E-state index contributed by atoms with van der Waals surface area (Å²) < 4.78 is 13.1. The zero-order valence-electron chi connectivity index (χ0n) is 16.9. The molecule has 0 bridgehead atoms. The Labute approximate surface area is 171 Å². The first-order valence-electron chi connectivity index (χ1n) is 10.5. The number of piperidine rings is 1. The van der Waals surface area contributed by atoms with E-state index in [-0.39, 0.29) is 23.7 Å². The molecule has 0 radical (unpaired) electrons. The molecule has 1 aromatic carbocycles. The van der Waals surface area contributed by atoms with Crippen LogP contribution in [0.4, 0.5) is 15.9 Å². The molecular weight excluding hydrogens is 369 g/mol. The third-order valence-electron chi connectivity index (χ3n) is 6.01. The largest absolute Gasteiger partial charge is 0.367 e. The summed E-state index contributed by atoms with van der Waals surface area (Å²) >= 11 is 0. The van der Waals surface area contributed by atoms with Gasteiger partial charge in [-0.3, -0.25) is 4.79 Å². The van der Waals surface area contributed by atoms with Crippen LogP contribution in [-0.2, 0) is 4.79 Å². The maximum atomic E-state index is 13.1. The molecule has 7 heteroatoms. The van der Waals surface area contributed by atoms with Gasteiger partial charge in [0.25, 0.3) is 0 Å². The van der Waals surface area contributed by atoms with Crippen LogP contribution in [0.25, 0.3) is 0 Å². The van der Waals surface area contributed by atoms with Crippen molar-refractivity contribution in [1.82, 2.24) is 15.3 Å². The highest BCUT2D eigenvalue weighted by Crippen LogP contribution is 2.32. The van der Waals surface area contributed by atoms with Crippen molar-refractivity contribution in [2.45, 2.75) is 38.6 Å². The summed E-state index contributed by atoms with van der Waals surface area (Å²) in [5, 5.41) is 3.08. The number of nitrogens with zero attached hydrogens (tertiary/aromatic N) is 4. The average Bonchev–Trinajstić information content (AvgIpc) is 3.29. The highest BCUT2D eigenvalue weighted by Gasteiger charge is 2.28. The first-order chi connectivity index (χ1) is 14.1. The number of halogens is 1. The second-order valence-corrected chi connectivity index (χ2v) is 7.97. The van der Waals surface area contributed by atoms with E-state index in [1.54, 1.807) is 18.5 Å². The molecule has 1 N–H and O–H groups in total. The summed E-state index contributed by atoms with van der Waals surface area (Å²) in [4.78, 5) is 26.1. The van der Waals surface area contributed by atoms with Gasteiger partial charge in [-0.1, -0.05) is 12.1 Å². The number of aromatic nitrogens is 2. The van der Waals surface area contributed by atoms with Crippen LogP contribution >= 0.6 is 0 Å². The minimum atomic E-state index is -0.266. The summed E-state index contributed by atoms with van der Waals surface area (Å²) in [6.45, 7) is 5.66. The monoisotopic (exact) mass is 397 g/mol. The Morgan fingerprint density at radius 2 is 1.79 bits per heavy atom. The van der Waals surface area contributed by atoms with E-state index < -0.39 is 0 Å². The predicted molar refractivity (Wildman–Crippen MR) is 111 cm³/mol. The SMILES string of the molecule is C[C@@H](NC(=O)C1CCN(c2cncnc2N2CCCC2)CC1)c1ccc(F)cc1. The van der Waals surface area contributed by atoms with Gasteiger partial charge in [-0.2, -0.15) is 0 Å². The molecule has 2 saturated heterocycles. The van der Waals surface area contributed by atoms with E-state index in [0.29, 0.717) is 0 Å². The van der Waals surface area contributed by atoms with Crippen LogP contribution in [0.5, 0.6) is 0 Å². The average molecular weight is 397 g/mol. The fourth-order valence-corrected chi connectivity index (χ4v) is 4.26. The molecule has 2 aromatic rings. The van der Waals surface area contributed by atoms with Gasteiger partial charge in [0, 0.05) is 32.1 Å². The Morgan fingerprint density at radius 3 is 2.48 bits per heavy atom. The van der Waals surface area contributed by atoms with Crippen LogP contribution in [0.15, 0.2) is 36.8 Å². The zero-order valence-corrected chi connectivity index (χ0v) is 16.9. The van der Waals surface area contributed by atoms with E-state index >= 15 is 0 Å². The number of carbonyl (C=O) groups excluding carboxylic acids is 1. The number of hydrogen-bond donors (Lipinski definition) is 1. The van der Waals surface area contributed by atoms with Crippen molar-refractivity contribution in [1.29, 1.82) is 0 Å². The van der Waals surface area contributed by atoms with Crippen molar-refractivity contribution in [3.05, 3.63) is 48.2 Å². The van der Waals surface area contributed by atoms with Crippen LogP contribution in [-0.4, -0.2) is 42.1 Å². The molecule has 4 rings (SSSR count). The topological polar surface area (TPSA) is 61.4 Å². The fourth-order valence-electron chi connectivity index (χ4n) is 4.26. The van der Waals surface area contributed by atoms with Crippen molar-refractivity contribution < 1.29 is 9.18 Å². The van der Waals surface area contributed by atoms with Crippen LogP contribution in [0.1, 0.15) is 44.2 Å². The van der Waals surface area contributed by atoms with Crippen molar-refractivity contribution in [3.8, 4) is 0 Å². The molecule has 2 aliphatic heterocycles. The Hall–Kier alpha value is -2.70. The smallest absolute Gasteiger partial charge is 0.223 e. The molecule has 0 aliphatic carbocycles. The first-order valence-corrected chi connectivity index (χ1v) is 10.5. The lowest BCUT2D eigenvalue weighted by atomic mass is 9.95. The van der Waals surface area contributed by atoms with Crippen molar-refractivity contribution in [3.63, 3.8) is 0 Å². The van der Waals surface area contributed by atoms with Gasteiger partial charge in [-0.15, -0.1) is 0 Å². The number of anilines is 2. The number of nitrogens with one attached hydrogen (secondary N) is 1. The van der Waals surface area contributed by atoms with Crippen LogP contribution in [0.2, 0.25) is 0 Å². The molecule has 2 fully saturated rings. The lowest BCUT2D eigenvalue weighted by Crippen LogP contribution is -2.41. The van der Waals surface area contributed by atoms with E-state index in [1.165, 1.54) is 25.0 Å². The van der Waals surface area contributed by atoms with Crippen molar-refractivity contribution in [2.24, 2.45) is 5.92 Å². The summed E-state index contributed by atoms with van der Waals surface area (Å²) in [7, 11) is 0. The Kier molecular flexibility index (Phi) is 5.92. The Balaban J connectivity index is 1.35. The quantitative estimate of drug-likeness (QED) is 0.839. The van der Waals surface area contributed by atoms with Crippen LogP contribution in [0, 0.1) is 11.7 Å². The van der Waals surface area contributed by atoms with Crippen LogP contribution in [0.3, 0.4) is 0 Å². The molecular formula is C22H28FN5O. The van der Waals surface area contributed by atoms with Gasteiger partial charge in [-0.25, -0.2) is 14.4 Å². The molecule has 3 heterocycles. The van der Waals surface area contributed by atoms with Gasteiger partial charge in [0.2, 0.25) is 5.91 Å². The van der Waals surface area contributed by atoms with Crippen molar-refractivity contribution in [2.75, 3.05) is 36.0 Å². The number of benzene rings is 1. The molecule has 1 atom stereocenters. The summed E-state index contributed by atoms with van der Waals surface area (Å²) in [6.07, 6.45) is 7.54. The highest BCUT2D eigenvalue weighted by molar-refractivity contribution is 5.79. The molecule has 29 heavy (non-hydrogen) atoms.